The largest absolute Gasteiger partial charge is 0.375 e. The van der Waals surface area contributed by atoms with Crippen LogP contribution in [0.3, 0.4) is 0 Å². The molecule has 1 saturated heterocycles. The molecule has 0 N–H and O–H groups in total. The predicted octanol–water partition coefficient (Wildman–Crippen LogP) is 6.11. The zero-order valence-corrected chi connectivity index (χ0v) is 22.3. The average Bonchev–Trinajstić information content (AvgIpc) is 3.13. The van der Waals surface area contributed by atoms with E-state index in [9.17, 15) is 4.79 Å². The zero-order chi connectivity index (χ0) is 24.9. The summed E-state index contributed by atoms with van der Waals surface area (Å²) in [6, 6.07) is 8.70. The molecule has 2 fully saturated rings. The van der Waals surface area contributed by atoms with Crippen molar-refractivity contribution in [2.75, 3.05) is 12.4 Å². The molecule has 1 atom stereocenters. The van der Waals surface area contributed by atoms with Gasteiger partial charge in [-0.3, -0.25) is 13.8 Å². The molecule has 2 aliphatic carbocycles. The highest BCUT2D eigenvalue weighted by molar-refractivity contribution is 7.99. The molecule has 6 rings (SSSR count). The summed E-state index contributed by atoms with van der Waals surface area (Å²) >= 11 is 1.64. The van der Waals surface area contributed by atoms with Crippen molar-refractivity contribution in [1.82, 2.24) is 19.2 Å². The van der Waals surface area contributed by atoms with E-state index in [1.807, 2.05) is 10.6 Å². The lowest BCUT2D eigenvalue weighted by atomic mass is 9.65. The van der Waals surface area contributed by atoms with Crippen LogP contribution in [-0.4, -0.2) is 37.1 Å². The summed E-state index contributed by atoms with van der Waals surface area (Å²) in [7, 11) is 0. The van der Waals surface area contributed by atoms with Crippen LogP contribution in [-0.2, 0) is 16.6 Å². The molecule has 190 valence electrons. The summed E-state index contributed by atoms with van der Waals surface area (Å²) in [6.07, 6.45) is 11.4. The molecule has 1 spiro atoms. The first-order chi connectivity index (χ1) is 17.4. The molecule has 7 heteroatoms. The topological polar surface area (TPSA) is 61.4 Å². The van der Waals surface area contributed by atoms with Gasteiger partial charge in [0.2, 0.25) is 5.78 Å². The third-order valence-corrected chi connectivity index (χ3v) is 9.41. The van der Waals surface area contributed by atoms with Gasteiger partial charge in [-0.2, -0.15) is 0 Å². The van der Waals surface area contributed by atoms with E-state index in [1.54, 1.807) is 11.8 Å². The fourth-order valence-corrected chi connectivity index (χ4v) is 7.61. The quantitative estimate of drug-likeness (QED) is 0.317. The highest BCUT2D eigenvalue weighted by Crippen LogP contribution is 2.49. The van der Waals surface area contributed by atoms with Gasteiger partial charge < -0.3 is 4.74 Å². The van der Waals surface area contributed by atoms with Crippen LogP contribution in [0, 0.1) is 0 Å². The molecule has 3 heterocycles. The van der Waals surface area contributed by atoms with E-state index in [-0.39, 0.29) is 22.6 Å². The number of hydrogen-bond donors (Lipinski definition) is 0. The van der Waals surface area contributed by atoms with Gasteiger partial charge in [0.25, 0.3) is 5.56 Å². The SMILES string of the molecule is C=CCSc1nnc2n(C3CCOC(C)(C)C3)c(=O)c3c(n12)-c1ccccc1CC31CCCCCC1. The van der Waals surface area contributed by atoms with Gasteiger partial charge in [-0.15, -0.1) is 16.8 Å². The summed E-state index contributed by atoms with van der Waals surface area (Å²) in [6.45, 7) is 8.81. The second kappa shape index (κ2) is 9.18. The van der Waals surface area contributed by atoms with Crippen LogP contribution in [0.5, 0.6) is 0 Å². The predicted molar refractivity (Wildman–Crippen MR) is 145 cm³/mol. The third kappa shape index (κ3) is 3.86. The lowest BCUT2D eigenvalue weighted by molar-refractivity contribution is -0.0692. The average molecular weight is 505 g/mol. The number of fused-ring (bicyclic) bond motifs is 6. The van der Waals surface area contributed by atoms with E-state index < -0.39 is 0 Å². The van der Waals surface area contributed by atoms with E-state index in [4.69, 9.17) is 4.74 Å². The van der Waals surface area contributed by atoms with Crippen molar-refractivity contribution in [2.24, 2.45) is 0 Å². The molecule has 0 radical (unpaired) electrons. The maximum Gasteiger partial charge on any atom is 0.259 e. The van der Waals surface area contributed by atoms with Crippen molar-refractivity contribution in [3.63, 3.8) is 0 Å². The molecule has 1 saturated carbocycles. The second-order valence-electron chi connectivity index (χ2n) is 11.4. The van der Waals surface area contributed by atoms with E-state index >= 15 is 0 Å². The molecule has 36 heavy (non-hydrogen) atoms. The smallest absolute Gasteiger partial charge is 0.259 e. The van der Waals surface area contributed by atoms with Crippen LogP contribution in [0.1, 0.15) is 82.4 Å². The van der Waals surface area contributed by atoms with Crippen molar-refractivity contribution in [3.8, 4) is 11.3 Å². The summed E-state index contributed by atoms with van der Waals surface area (Å²) in [5.74, 6) is 1.40. The Hall–Kier alpha value is -2.38. The molecule has 2 aromatic heterocycles. The van der Waals surface area contributed by atoms with Crippen LogP contribution >= 0.6 is 11.8 Å². The Morgan fingerprint density at radius 3 is 2.69 bits per heavy atom. The number of hydrogen-bond acceptors (Lipinski definition) is 5. The van der Waals surface area contributed by atoms with Gasteiger partial charge >= 0.3 is 0 Å². The van der Waals surface area contributed by atoms with Crippen molar-refractivity contribution in [1.29, 1.82) is 0 Å². The molecule has 0 bridgehead atoms. The highest BCUT2D eigenvalue weighted by Gasteiger charge is 2.44. The van der Waals surface area contributed by atoms with Crippen LogP contribution in [0.15, 0.2) is 46.9 Å². The lowest BCUT2D eigenvalue weighted by Crippen LogP contribution is -2.45. The van der Waals surface area contributed by atoms with Gasteiger partial charge in [0.1, 0.15) is 0 Å². The molecule has 6 nitrogen and oxygen atoms in total. The maximum absolute atomic E-state index is 14.8. The highest BCUT2D eigenvalue weighted by atomic mass is 32.2. The first-order valence-electron chi connectivity index (χ1n) is 13.4. The molecule has 1 aliphatic heterocycles. The Labute approximate surface area is 217 Å². The zero-order valence-electron chi connectivity index (χ0n) is 21.5. The molecule has 0 amide bonds. The molecule has 1 unspecified atom stereocenters. The maximum atomic E-state index is 14.8. The minimum absolute atomic E-state index is 0.0375. The normalized spacial score (nSPS) is 22.7. The Kier molecular flexibility index (Phi) is 6.11. The number of benzene rings is 1. The third-order valence-electron chi connectivity index (χ3n) is 8.48. The second-order valence-corrected chi connectivity index (χ2v) is 12.4. The van der Waals surface area contributed by atoms with E-state index in [1.165, 1.54) is 31.2 Å². The van der Waals surface area contributed by atoms with Crippen LogP contribution in [0.4, 0.5) is 0 Å². The van der Waals surface area contributed by atoms with Gasteiger partial charge in [0.05, 0.1) is 11.3 Å². The van der Waals surface area contributed by atoms with Crippen LogP contribution in [0.25, 0.3) is 17.0 Å². The van der Waals surface area contributed by atoms with Gasteiger partial charge in [-0.05, 0) is 51.5 Å². The lowest BCUT2D eigenvalue weighted by Gasteiger charge is -2.41. The van der Waals surface area contributed by atoms with Crippen molar-refractivity contribution < 1.29 is 4.74 Å². The van der Waals surface area contributed by atoms with Crippen molar-refractivity contribution >= 4 is 17.5 Å². The summed E-state index contributed by atoms with van der Waals surface area (Å²) in [5.41, 5.74) is 4.25. The fraction of sp³-hybridized carbons (Fsp3) is 0.552. The first-order valence-corrected chi connectivity index (χ1v) is 14.4. The Morgan fingerprint density at radius 1 is 1.17 bits per heavy atom. The minimum Gasteiger partial charge on any atom is -0.375 e. The van der Waals surface area contributed by atoms with E-state index in [0.29, 0.717) is 12.4 Å². The van der Waals surface area contributed by atoms with Crippen molar-refractivity contribution in [2.45, 2.75) is 93.8 Å². The Morgan fingerprint density at radius 2 is 1.94 bits per heavy atom. The van der Waals surface area contributed by atoms with Crippen LogP contribution < -0.4 is 5.56 Å². The Bertz CT molecular complexity index is 1360. The monoisotopic (exact) mass is 504 g/mol. The fourth-order valence-electron chi connectivity index (χ4n) is 6.94. The van der Waals surface area contributed by atoms with E-state index in [0.717, 1.165) is 59.8 Å². The minimum atomic E-state index is -0.275. The number of thioether (sulfide) groups is 1. The standard InChI is InChI=1S/C29H36N4O2S/c1-4-17-36-27-31-30-26-32(21-13-16-35-28(2,3)19-21)25(34)23-24(33(26)27)22-12-8-7-11-20(22)18-29(23)14-9-5-6-10-15-29/h4,7-8,11-12,21H,1,5-6,9-10,13-19H2,2-3H3. The van der Waals surface area contributed by atoms with Gasteiger partial charge in [0, 0.05) is 34.9 Å². The summed E-state index contributed by atoms with van der Waals surface area (Å²) in [4.78, 5) is 14.8. The van der Waals surface area contributed by atoms with Crippen molar-refractivity contribution in [3.05, 3.63) is 58.4 Å². The van der Waals surface area contributed by atoms with Gasteiger partial charge in [-0.25, -0.2) is 0 Å². The molecule has 3 aromatic rings. The molecule has 1 aromatic carbocycles. The summed E-state index contributed by atoms with van der Waals surface area (Å²) < 4.78 is 10.2. The Balaban J connectivity index is 1.70. The molecule has 3 aliphatic rings. The van der Waals surface area contributed by atoms with E-state index in [2.05, 4.69) is 59.3 Å². The number of rotatable bonds is 4. The van der Waals surface area contributed by atoms with Gasteiger partial charge in [-0.1, -0.05) is 67.8 Å². The first kappa shape index (κ1) is 24.0. The summed E-state index contributed by atoms with van der Waals surface area (Å²) in [5, 5.41) is 10.1. The number of aromatic nitrogens is 4. The van der Waals surface area contributed by atoms with Gasteiger partial charge in [0.15, 0.2) is 5.16 Å². The molecular formula is C29H36N4O2S. The number of ether oxygens (including phenoxy) is 1. The molecular weight excluding hydrogens is 468 g/mol. The number of nitrogens with zero attached hydrogens (tertiary/aromatic N) is 4. The van der Waals surface area contributed by atoms with Crippen LogP contribution in [0.2, 0.25) is 0 Å².